The summed E-state index contributed by atoms with van der Waals surface area (Å²) in [6.07, 6.45) is 4.17. The van der Waals surface area contributed by atoms with Crippen LogP contribution < -0.4 is 5.32 Å². The molecule has 0 spiro atoms. The van der Waals surface area contributed by atoms with Gasteiger partial charge in [0.25, 0.3) is 5.91 Å². The summed E-state index contributed by atoms with van der Waals surface area (Å²) in [4.78, 5) is 14.3. The van der Waals surface area contributed by atoms with Gasteiger partial charge >= 0.3 is 0 Å². The molecule has 0 bridgehead atoms. The number of hydrogen-bond donors (Lipinski definition) is 1. The molecule has 1 aliphatic carbocycles. The Morgan fingerprint density at radius 1 is 1.32 bits per heavy atom. The number of nitrogens with zero attached hydrogens (tertiary/aromatic N) is 2. The zero-order valence-electron chi connectivity index (χ0n) is 14.1. The first kappa shape index (κ1) is 16.3. The van der Waals surface area contributed by atoms with E-state index in [1.54, 1.807) is 18.2 Å². The van der Waals surface area contributed by atoms with E-state index in [1.807, 2.05) is 6.07 Å². The number of likely N-dealkylation sites (tertiary alicyclic amines) is 1. The first-order valence-electron chi connectivity index (χ1n) is 8.91. The number of rotatable bonds is 5. The Hall–Kier alpha value is -2.21. The number of piperidine rings is 1. The van der Waals surface area contributed by atoms with Crippen molar-refractivity contribution in [2.75, 3.05) is 13.1 Å². The molecule has 1 aliphatic heterocycles. The highest BCUT2D eigenvalue weighted by Gasteiger charge is 2.28. The minimum absolute atomic E-state index is 0.173. The molecular formula is C19H22FN3O2. The lowest BCUT2D eigenvalue weighted by Crippen LogP contribution is -2.34. The summed E-state index contributed by atoms with van der Waals surface area (Å²) in [5.41, 5.74) is 1.81. The van der Waals surface area contributed by atoms with E-state index in [1.165, 1.54) is 6.07 Å². The Labute approximate surface area is 146 Å². The Kier molecular flexibility index (Phi) is 4.53. The van der Waals surface area contributed by atoms with Gasteiger partial charge in [0.05, 0.1) is 5.69 Å². The SMILES string of the molecule is O=C(NC1CC1)c1cc([C@@H]2CCCN(Cc3cccc(F)c3)C2)no1. The summed E-state index contributed by atoms with van der Waals surface area (Å²) in [5.74, 6) is 0.167. The minimum atomic E-state index is -0.200. The van der Waals surface area contributed by atoms with Crippen molar-refractivity contribution in [3.63, 3.8) is 0 Å². The van der Waals surface area contributed by atoms with E-state index >= 15 is 0 Å². The van der Waals surface area contributed by atoms with Crippen molar-refractivity contribution in [2.24, 2.45) is 0 Å². The van der Waals surface area contributed by atoms with E-state index < -0.39 is 0 Å². The Morgan fingerprint density at radius 3 is 3.00 bits per heavy atom. The van der Waals surface area contributed by atoms with Crippen LogP contribution in [0.3, 0.4) is 0 Å². The number of carbonyl (C=O) groups is 1. The maximum Gasteiger partial charge on any atom is 0.290 e. The van der Waals surface area contributed by atoms with Crippen LogP contribution in [0.15, 0.2) is 34.9 Å². The van der Waals surface area contributed by atoms with Crippen molar-refractivity contribution < 1.29 is 13.7 Å². The van der Waals surface area contributed by atoms with E-state index in [4.69, 9.17) is 4.52 Å². The van der Waals surface area contributed by atoms with Crippen LogP contribution in [0.1, 0.15) is 53.4 Å². The second kappa shape index (κ2) is 6.96. The molecule has 2 heterocycles. The number of aromatic nitrogens is 1. The number of nitrogens with one attached hydrogen (secondary N) is 1. The molecule has 2 aliphatic rings. The summed E-state index contributed by atoms with van der Waals surface area (Å²) in [7, 11) is 0. The van der Waals surface area contributed by atoms with Gasteiger partial charge in [-0.05, 0) is 49.9 Å². The average Bonchev–Trinajstić information content (AvgIpc) is 3.27. The van der Waals surface area contributed by atoms with Crippen LogP contribution in [0.2, 0.25) is 0 Å². The monoisotopic (exact) mass is 343 g/mol. The third-order valence-electron chi connectivity index (χ3n) is 4.88. The molecule has 5 nitrogen and oxygen atoms in total. The molecule has 1 saturated heterocycles. The summed E-state index contributed by atoms with van der Waals surface area (Å²) in [6, 6.07) is 8.81. The highest BCUT2D eigenvalue weighted by molar-refractivity contribution is 5.91. The van der Waals surface area contributed by atoms with Gasteiger partial charge < -0.3 is 9.84 Å². The topological polar surface area (TPSA) is 58.4 Å². The lowest BCUT2D eigenvalue weighted by atomic mass is 9.94. The van der Waals surface area contributed by atoms with Crippen LogP contribution in [-0.2, 0) is 6.54 Å². The van der Waals surface area contributed by atoms with Gasteiger partial charge in [0.15, 0.2) is 0 Å². The molecule has 1 N–H and O–H groups in total. The van der Waals surface area contributed by atoms with Crippen molar-refractivity contribution in [3.8, 4) is 0 Å². The van der Waals surface area contributed by atoms with Crippen molar-refractivity contribution in [2.45, 2.75) is 44.2 Å². The first-order chi connectivity index (χ1) is 12.2. The van der Waals surface area contributed by atoms with Gasteiger partial charge in [-0.1, -0.05) is 17.3 Å². The quantitative estimate of drug-likeness (QED) is 0.906. The number of halogens is 1. The molecule has 1 saturated carbocycles. The molecule has 6 heteroatoms. The van der Waals surface area contributed by atoms with Gasteiger partial charge in [-0.25, -0.2) is 4.39 Å². The fourth-order valence-corrected chi connectivity index (χ4v) is 3.41. The maximum atomic E-state index is 13.4. The Bertz CT molecular complexity index is 757. The highest BCUT2D eigenvalue weighted by atomic mass is 19.1. The third-order valence-corrected chi connectivity index (χ3v) is 4.88. The molecule has 0 radical (unpaired) electrons. The standard InChI is InChI=1S/C19H22FN3O2/c20-15-5-1-3-13(9-15)11-23-8-2-4-14(12-23)17-10-18(25-22-17)19(24)21-16-6-7-16/h1,3,5,9-10,14,16H,2,4,6-8,11-12H2,(H,21,24)/t14-/m1/s1. The van der Waals surface area contributed by atoms with Gasteiger partial charge in [-0.15, -0.1) is 0 Å². The van der Waals surface area contributed by atoms with E-state index in [2.05, 4.69) is 15.4 Å². The largest absolute Gasteiger partial charge is 0.351 e. The van der Waals surface area contributed by atoms with Crippen molar-refractivity contribution in [1.82, 2.24) is 15.4 Å². The van der Waals surface area contributed by atoms with Gasteiger partial charge in [0.1, 0.15) is 5.82 Å². The van der Waals surface area contributed by atoms with Crippen molar-refractivity contribution in [1.29, 1.82) is 0 Å². The number of benzene rings is 1. The second-order valence-electron chi connectivity index (χ2n) is 7.07. The summed E-state index contributed by atoms with van der Waals surface area (Å²) >= 11 is 0. The normalized spacial score (nSPS) is 21.2. The summed E-state index contributed by atoms with van der Waals surface area (Å²) in [6.45, 7) is 2.55. The molecule has 132 valence electrons. The fourth-order valence-electron chi connectivity index (χ4n) is 3.41. The molecule has 2 aromatic rings. The van der Waals surface area contributed by atoms with E-state index in [0.717, 1.165) is 56.6 Å². The lowest BCUT2D eigenvalue weighted by Gasteiger charge is -2.31. The maximum absolute atomic E-state index is 13.4. The second-order valence-corrected chi connectivity index (χ2v) is 7.07. The van der Waals surface area contributed by atoms with Gasteiger partial charge in [-0.2, -0.15) is 0 Å². The van der Waals surface area contributed by atoms with Gasteiger partial charge in [-0.3, -0.25) is 9.69 Å². The molecule has 2 fully saturated rings. The van der Waals surface area contributed by atoms with Crippen LogP contribution in [0.5, 0.6) is 0 Å². The molecular weight excluding hydrogens is 321 g/mol. The van der Waals surface area contributed by atoms with E-state index in [-0.39, 0.29) is 17.6 Å². The zero-order chi connectivity index (χ0) is 17.2. The lowest BCUT2D eigenvalue weighted by molar-refractivity contribution is 0.0913. The van der Waals surface area contributed by atoms with Crippen molar-refractivity contribution >= 4 is 5.91 Å². The number of hydrogen-bond acceptors (Lipinski definition) is 4. The smallest absolute Gasteiger partial charge is 0.290 e. The van der Waals surface area contributed by atoms with E-state index in [9.17, 15) is 9.18 Å². The minimum Gasteiger partial charge on any atom is -0.351 e. The average molecular weight is 343 g/mol. The van der Waals surface area contributed by atoms with E-state index in [0.29, 0.717) is 11.8 Å². The van der Waals surface area contributed by atoms with Gasteiger partial charge in [0.2, 0.25) is 5.76 Å². The Balaban J connectivity index is 1.39. The molecule has 4 rings (SSSR count). The van der Waals surface area contributed by atoms with Crippen LogP contribution in [0, 0.1) is 5.82 Å². The zero-order valence-corrected chi connectivity index (χ0v) is 14.1. The number of carbonyl (C=O) groups excluding carboxylic acids is 1. The third kappa shape index (κ3) is 4.07. The van der Waals surface area contributed by atoms with Crippen LogP contribution in [-0.4, -0.2) is 35.1 Å². The highest BCUT2D eigenvalue weighted by Crippen LogP contribution is 2.28. The van der Waals surface area contributed by atoms with Crippen LogP contribution in [0.4, 0.5) is 4.39 Å². The molecule has 1 atom stereocenters. The molecule has 25 heavy (non-hydrogen) atoms. The van der Waals surface area contributed by atoms with Gasteiger partial charge in [0, 0.05) is 31.1 Å². The van der Waals surface area contributed by atoms with Crippen molar-refractivity contribution in [3.05, 3.63) is 53.2 Å². The fraction of sp³-hybridized carbons (Fsp3) is 0.474. The molecule has 0 unspecified atom stereocenters. The predicted molar refractivity (Wildman–Crippen MR) is 90.6 cm³/mol. The van der Waals surface area contributed by atoms with Crippen LogP contribution in [0.25, 0.3) is 0 Å². The summed E-state index contributed by atoms with van der Waals surface area (Å²) < 4.78 is 18.6. The summed E-state index contributed by atoms with van der Waals surface area (Å²) in [5, 5.41) is 7.04. The molecule has 1 amide bonds. The van der Waals surface area contributed by atoms with Crippen LogP contribution >= 0.6 is 0 Å². The molecule has 1 aromatic heterocycles. The first-order valence-corrected chi connectivity index (χ1v) is 8.91. The predicted octanol–water partition coefficient (Wildman–Crippen LogP) is 3.09. The molecule has 1 aromatic carbocycles. The number of amides is 1. The Morgan fingerprint density at radius 2 is 2.20 bits per heavy atom.